The molecular formula is C19H25FN2O3. The molecule has 6 heteroatoms. The molecule has 5 nitrogen and oxygen atoms in total. The topological polar surface area (TPSA) is 58.6 Å². The van der Waals surface area contributed by atoms with Crippen LogP contribution in [-0.2, 0) is 9.53 Å². The van der Waals surface area contributed by atoms with E-state index in [4.69, 9.17) is 4.74 Å². The summed E-state index contributed by atoms with van der Waals surface area (Å²) in [6.07, 6.45) is 4.49. The molecule has 0 unspecified atom stereocenters. The van der Waals surface area contributed by atoms with E-state index >= 15 is 0 Å². The van der Waals surface area contributed by atoms with E-state index in [0.29, 0.717) is 5.56 Å². The molecule has 0 aromatic heterocycles. The molecule has 0 bridgehead atoms. The first-order chi connectivity index (χ1) is 11.9. The van der Waals surface area contributed by atoms with Crippen molar-refractivity contribution < 1.29 is 18.7 Å². The Bertz CT molecular complexity index is 639. The molecule has 1 saturated heterocycles. The van der Waals surface area contributed by atoms with E-state index in [1.165, 1.54) is 24.3 Å². The van der Waals surface area contributed by atoms with Gasteiger partial charge in [0.25, 0.3) is 5.91 Å². The summed E-state index contributed by atoms with van der Waals surface area (Å²) < 4.78 is 19.3. The summed E-state index contributed by atoms with van der Waals surface area (Å²) in [6, 6.07) is 4.78. The third kappa shape index (κ3) is 3.54. The number of hydrogen-bond acceptors (Lipinski definition) is 3. The van der Waals surface area contributed by atoms with E-state index < -0.39 is 17.6 Å². The van der Waals surface area contributed by atoms with Gasteiger partial charge < -0.3 is 10.1 Å². The molecule has 1 aliphatic heterocycles. The van der Waals surface area contributed by atoms with Crippen LogP contribution >= 0.6 is 0 Å². The second-order valence-electron chi connectivity index (χ2n) is 7.18. The highest BCUT2D eigenvalue weighted by Gasteiger charge is 2.52. The van der Waals surface area contributed by atoms with Crippen LogP contribution in [0.4, 0.5) is 4.39 Å². The fraction of sp³-hybridized carbons (Fsp3) is 0.579. The zero-order valence-corrected chi connectivity index (χ0v) is 14.8. The minimum atomic E-state index is -0.720. The van der Waals surface area contributed by atoms with Gasteiger partial charge in [-0.25, -0.2) is 4.39 Å². The maximum atomic E-state index is 13.2. The largest absolute Gasteiger partial charge is 0.353 e. The van der Waals surface area contributed by atoms with Gasteiger partial charge in [0.1, 0.15) is 17.6 Å². The Morgan fingerprint density at radius 3 is 2.44 bits per heavy atom. The van der Waals surface area contributed by atoms with Gasteiger partial charge in [-0.2, -0.15) is 0 Å². The third-order valence-electron chi connectivity index (χ3n) is 4.94. The number of rotatable bonds is 3. The summed E-state index contributed by atoms with van der Waals surface area (Å²) in [5.41, 5.74) is -0.345. The smallest absolute Gasteiger partial charge is 0.256 e. The molecule has 1 aromatic rings. The lowest BCUT2D eigenvalue weighted by atomic mass is 9.89. The van der Waals surface area contributed by atoms with Gasteiger partial charge in [0.15, 0.2) is 0 Å². The number of halogens is 1. The number of benzene rings is 1. The van der Waals surface area contributed by atoms with E-state index in [1.807, 2.05) is 13.8 Å². The molecule has 2 amide bonds. The lowest BCUT2D eigenvalue weighted by molar-refractivity contribution is -0.127. The summed E-state index contributed by atoms with van der Waals surface area (Å²) >= 11 is 0. The van der Waals surface area contributed by atoms with Crippen LogP contribution in [0.1, 0.15) is 56.3 Å². The molecule has 1 aromatic carbocycles. The average Bonchev–Trinajstić information content (AvgIpc) is 2.93. The van der Waals surface area contributed by atoms with Crippen molar-refractivity contribution in [1.82, 2.24) is 10.2 Å². The maximum Gasteiger partial charge on any atom is 0.256 e. The molecule has 2 fully saturated rings. The van der Waals surface area contributed by atoms with Gasteiger partial charge in [0, 0.05) is 11.6 Å². The van der Waals surface area contributed by atoms with E-state index in [0.717, 1.165) is 32.1 Å². The van der Waals surface area contributed by atoms with Crippen LogP contribution in [-0.4, -0.2) is 41.1 Å². The molecule has 2 aliphatic rings. The van der Waals surface area contributed by atoms with Crippen LogP contribution in [0, 0.1) is 5.82 Å². The first kappa shape index (κ1) is 17.9. The zero-order chi connectivity index (χ0) is 18.0. The van der Waals surface area contributed by atoms with E-state index in [1.54, 1.807) is 4.90 Å². The Morgan fingerprint density at radius 2 is 1.84 bits per heavy atom. The van der Waals surface area contributed by atoms with Gasteiger partial charge in [0.05, 0.1) is 6.61 Å². The molecule has 3 rings (SSSR count). The highest BCUT2D eigenvalue weighted by atomic mass is 19.1. The number of nitrogens with zero attached hydrogens (tertiary/aromatic N) is 1. The van der Waals surface area contributed by atoms with Crippen molar-refractivity contribution in [3.05, 3.63) is 35.6 Å². The van der Waals surface area contributed by atoms with E-state index in [9.17, 15) is 14.0 Å². The molecule has 0 radical (unpaired) electrons. The number of hydrogen-bond donors (Lipinski definition) is 1. The van der Waals surface area contributed by atoms with Gasteiger partial charge in [-0.05, 0) is 63.8 Å². The first-order valence-corrected chi connectivity index (χ1v) is 8.96. The molecule has 136 valence electrons. The van der Waals surface area contributed by atoms with Crippen LogP contribution in [0.25, 0.3) is 0 Å². The van der Waals surface area contributed by atoms with Crippen molar-refractivity contribution in [2.45, 2.75) is 63.8 Å². The highest BCUT2D eigenvalue weighted by Crippen LogP contribution is 2.41. The molecule has 1 aliphatic carbocycles. The van der Waals surface area contributed by atoms with Crippen molar-refractivity contribution in [2.75, 3.05) is 6.61 Å². The summed E-state index contributed by atoms with van der Waals surface area (Å²) in [7, 11) is 0. The van der Waals surface area contributed by atoms with Crippen molar-refractivity contribution in [3.8, 4) is 0 Å². The third-order valence-corrected chi connectivity index (χ3v) is 4.94. The summed E-state index contributed by atoms with van der Waals surface area (Å²) in [5, 5.41) is 2.88. The molecule has 1 spiro atoms. The lowest BCUT2D eigenvalue weighted by Gasteiger charge is -2.41. The summed E-state index contributed by atoms with van der Waals surface area (Å²) in [4.78, 5) is 27.4. The SMILES string of the molecule is CC(C)NC(=O)[C@H]1COC2(CCCCC2)N1C(=O)c1ccc(F)cc1. The fourth-order valence-corrected chi connectivity index (χ4v) is 3.78. The molecule has 1 atom stereocenters. The minimum absolute atomic E-state index is 0.0156. The second kappa shape index (κ2) is 7.12. The van der Waals surface area contributed by atoms with Gasteiger partial charge >= 0.3 is 0 Å². The number of nitrogens with one attached hydrogen (secondary N) is 1. The Balaban J connectivity index is 1.92. The maximum absolute atomic E-state index is 13.2. The van der Waals surface area contributed by atoms with Crippen molar-refractivity contribution in [3.63, 3.8) is 0 Å². The van der Waals surface area contributed by atoms with E-state index in [-0.39, 0.29) is 24.5 Å². The Labute approximate surface area is 147 Å². The van der Waals surface area contributed by atoms with Gasteiger partial charge in [0.2, 0.25) is 5.91 Å². The predicted octanol–water partition coefficient (Wildman–Crippen LogP) is 2.85. The highest BCUT2D eigenvalue weighted by molar-refractivity contribution is 5.98. The Morgan fingerprint density at radius 1 is 1.20 bits per heavy atom. The first-order valence-electron chi connectivity index (χ1n) is 8.96. The van der Waals surface area contributed by atoms with E-state index in [2.05, 4.69) is 5.32 Å². The molecule has 25 heavy (non-hydrogen) atoms. The number of carbonyl (C=O) groups excluding carboxylic acids is 2. The van der Waals surface area contributed by atoms with Crippen molar-refractivity contribution in [2.24, 2.45) is 0 Å². The van der Waals surface area contributed by atoms with Crippen LogP contribution in [0.2, 0.25) is 0 Å². The van der Waals surface area contributed by atoms with Crippen LogP contribution in [0.15, 0.2) is 24.3 Å². The van der Waals surface area contributed by atoms with Gasteiger partial charge in [-0.15, -0.1) is 0 Å². The van der Waals surface area contributed by atoms with Crippen LogP contribution in [0.5, 0.6) is 0 Å². The molecule has 1 heterocycles. The molecular weight excluding hydrogens is 323 g/mol. The Kier molecular flexibility index (Phi) is 5.08. The lowest BCUT2D eigenvalue weighted by Crippen LogP contribution is -2.57. The second-order valence-corrected chi connectivity index (χ2v) is 7.18. The van der Waals surface area contributed by atoms with Crippen molar-refractivity contribution >= 4 is 11.8 Å². The fourth-order valence-electron chi connectivity index (χ4n) is 3.78. The molecule has 1 saturated carbocycles. The van der Waals surface area contributed by atoms with Crippen LogP contribution < -0.4 is 5.32 Å². The zero-order valence-electron chi connectivity index (χ0n) is 14.8. The average molecular weight is 348 g/mol. The molecule has 1 N–H and O–H groups in total. The quantitative estimate of drug-likeness (QED) is 0.914. The number of carbonyl (C=O) groups is 2. The normalized spacial score (nSPS) is 22.4. The van der Waals surface area contributed by atoms with Gasteiger partial charge in [-0.1, -0.05) is 6.42 Å². The summed E-state index contributed by atoms with van der Waals surface area (Å²) in [6.45, 7) is 3.97. The predicted molar refractivity (Wildman–Crippen MR) is 91.4 cm³/mol. The monoisotopic (exact) mass is 348 g/mol. The minimum Gasteiger partial charge on any atom is -0.353 e. The van der Waals surface area contributed by atoms with Crippen molar-refractivity contribution in [1.29, 1.82) is 0 Å². The number of ether oxygens (including phenoxy) is 1. The Hall–Kier alpha value is -1.95. The standard InChI is InChI=1S/C19H25FN2O3/c1-13(2)21-17(23)16-12-25-19(10-4-3-5-11-19)22(16)18(24)14-6-8-15(20)9-7-14/h6-9,13,16H,3-5,10-12H2,1-2H3,(H,21,23)/t16-/m1/s1. The van der Waals surface area contributed by atoms with Crippen LogP contribution in [0.3, 0.4) is 0 Å². The van der Waals surface area contributed by atoms with Gasteiger partial charge in [-0.3, -0.25) is 14.5 Å². The summed E-state index contributed by atoms with van der Waals surface area (Å²) in [5.74, 6) is -0.869. The number of amides is 2.